The van der Waals surface area contributed by atoms with E-state index in [0.717, 1.165) is 23.2 Å². The van der Waals surface area contributed by atoms with E-state index in [1.165, 1.54) is 6.92 Å². The van der Waals surface area contributed by atoms with Gasteiger partial charge in [0.2, 0.25) is 11.8 Å². The molecule has 0 fully saturated rings. The molecule has 1 N–H and O–H groups in total. The molecular formula is C15H20N2O2. The standard InChI is InChI=1S/C15H20N2O2/c1-10(18)16-8-7-11-5-6-13-12(9-11)15(2,3)14(19)17(13)4/h5-6,9H,7-8H2,1-4H3,(H,16,18). The largest absolute Gasteiger partial charge is 0.356 e. The molecule has 0 unspecified atom stereocenters. The average Bonchev–Trinajstić information content (AvgIpc) is 2.51. The van der Waals surface area contributed by atoms with E-state index < -0.39 is 5.41 Å². The second kappa shape index (κ2) is 4.68. The molecule has 19 heavy (non-hydrogen) atoms. The SMILES string of the molecule is CC(=O)NCCc1ccc2c(c1)C(C)(C)C(=O)N2C. The van der Waals surface area contributed by atoms with Crippen molar-refractivity contribution in [3.05, 3.63) is 29.3 Å². The summed E-state index contributed by atoms with van der Waals surface area (Å²) in [6, 6.07) is 6.09. The van der Waals surface area contributed by atoms with Crippen molar-refractivity contribution in [2.75, 3.05) is 18.5 Å². The van der Waals surface area contributed by atoms with Crippen molar-refractivity contribution >= 4 is 17.5 Å². The first-order chi connectivity index (χ1) is 8.84. The predicted molar refractivity (Wildman–Crippen MR) is 75.3 cm³/mol. The Kier molecular flexibility index (Phi) is 3.35. The Morgan fingerprint density at radius 1 is 1.37 bits per heavy atom. The molecule has 1 heterocycles. The fourth-order valence-electron chi connectivity index (χ4n) is 2.56. The molecule has 0 aliphatic carbocycles. The maximum atomic E-state index is 12.2. The van der Waals surface area contributed by atoms with Gasteiger partial charge in [0, 0.05) is 26.2 Å². The lowest BCUT2D eigenvalue weighted by molar-refractivity contribution is -0.122. The van der Waals surface area contributed by atoms with Crippen LogP contribution >= 0.6 is 0 Å². The van der Waals surface area contributed by atoms with Crippen molar-refractivity contribution < 1.29 is 9.59 Å². The Bertz CT molecular complexity index is 535. The number of rotatable bonds is 3. The van der Waals surface area contributed by atoms with Gasteiger partial charge in [-0.1, -0.05) is 12.1 Å². The summed E-state index contributed by atoms with van der Waals surface area (Å²) in [5.41, 5.74) is 2.73. The van der Waals surface area contributed by atoms with E-state index in [1.54, 1.807) is 4.90 Å². The summed E-state index contributed by atoms with van der Waals surface area (Å²) >= 11 is 0. The van der Waals surface area contributed by atoms with Crippen molar-refractivity contribution in [1.29, 1.82) is 0 Å². The Labute approximate surface area is 113 Å². The topological polar surface area (TPSA) is 49.4 Å². The fraction of sp³-hybridized carbons (Fsp3) is 0.467. The van der Waals surface area contributed by atoms with Crippen LogP contribution in [0.4, 0.5) is 5.69 Å². The van der Waals surface area contributed by atoms with Gasteiger partial charge in [0.1, 0.15) is 0 Å². The lowest BCUT2D eigenvalue weighted by Crippen LogP contribution is -2.33. The van der Waals surface area contributed by atoms with E-state index in [4.69, 9.17) is 0 Å². The minimum absolute atomic E-state index is 0.0172. The van der Waals surface area contributed by atoms with E-state index in [-0.39, 0.29) is 11.8 Å². The second-order valence-corrected chi connectivity index (χ2v) is 5.57. The van der Waals surface area contributed by atoms with Crippen molar-refractivity contribution in [3.8, 4) is 0 Å². The summed E-state index contributed by atoms with van der Waals surface area (Å²) in [5.74, 6) is 0.109. The van der Waals surface area contributed by atoms with Crippen LogP contribution in [0.3, 0.4) is 0 Å². The summed E-state index contributed by atoms with van der Waals surface area (Å²) in [5, 5.41) is 2.78. The molecule has 0 atom stereocenters. The molecule has 0 radical (unpaired) electrons. The molecule has 2 rings (SSSR count). The van der Waals surface area contributed by atoms with E-state index in [2.05, 4.69) is 11.4 Å². The lowest BCUT2D eigenvalue weighted by atomic mass is 9.85. The third-order valence-corrected chi connectivity index (χ3v) is 3.72. The second-order valence-electron chi connectivity index (χ2n) is 5.57. The number of anilines is 1. The third kappa shape index (κ3) is 2.35. The van der Waals surface area contributed by atoms with Crippen molar-refractivity contribution in [3.63, 3.8) is 0 Å². The number of carbonyl (C=O) groups excluding carboxylic acids is 2. The number of likely N-dealkylation sites (N-methyl/N-ethyl adjacent to an activating group) is 1. The average molecular weight is 260 g/mol. The maximum absolute atomic E-state index is 12.2. The molecule has 0 aromatic heterocycles. The van der Waals surface area contributed by atoms with Gasteiger partial charge in [0.05, 0.1) is 5.41 Å². The number of nitrogens with one attached hydrogen (secondary N) is 1. The number of amides is 2. The van der Waals surface area contributed by atoms with E-state index >= 15 is 0 Å². The van der Waals surface area contributed by atoms with Crippen LogP contribution < -0.4 is 10.2 Å². The molecule has 4 heteroatoms. The van der Waals surface area contributed by atoms with Gasteiger partial charge in [-0.2, -0.15) is 0 Å². The molecule has 0 spiro atoms. The first-order valence-corrected chi connectivity index (χ1v) is 6.50. The zero-order chi connectivity index (χ0) is 14.2. The Morgan fingerprint density at radius 2 is 2.05 bits per heavy atom. The van der Waals surface area contributed by atoms with E-state index in [0.29, 0.717) is 6.54 Å². The van der Waals surface area contributed by atoms with Crippen LogP contribution in [0, 0.1) is 0 Å². The Hall–Kier alpha value is -1.84. The minimum Gasteiger partial charge on any atom is -0.356 e. The molecule has 1 aliphatic rings. The molecule has 0 saturated heterocycles. The molecule has 1 aromatic rings. The van der Waals surface area contributed by atoms with Crippen LogP contribution in [0.1, 0.15) is 31.9 Å². The Morgan fingerprint density at radius 3 is 2.68 bits per heavy atom. The number of carbonyl (C=O) groups is 2. The lowest BCUT2D eigenvalue weighted by Gasteiger charge is -2.16. The summed E-state index contributed by atoms with van der Waals surface area (Å²) in [4.78, 5) is 24.7. The zero-order valence-corrected chi connectivity index (χ0v) is 11.9. The molecule has 102 valence electrons. The van der Waals surface area contributed by atoms with Crippen LogP contribution in [0.25, 0.3) is 0 Å². The quantitative estimate of drug-likeness (QED) is 0.897. The highest BCUT2D eigenvalue weighted by atomic mass is 16.2. The first-order valence-electron chi connectivity index (χ1n) is 6.50. The van der Waals surface area contributed by atoms with Gasteiger partial charge in [0.25, 0.3) is 0 Å². The monoisotopic (exact) mass is 260 g/mol. The number of hydrogen-bond donors (Lipinski definition) is 1. The van der Waals surface area contributed by atoms with Crippen LogP contribution in [0.2, 0.25) is 0 Å². The highest BCUT2D eigenvalue weighted by molar-refractivity contribution is 6.07. The minimum atomic E-state index is -0.464. The van der Waals surface area contributed by atoms with Crippen LogP contribution in [0.15, 0.2) is 18.2 Å². The van der Waals surface area contributed by atoms with Gasteiger partial charge in [-0.05, 0) is 37.5 Å². The zero-order valence-electron chi connectivity index (χ0n) is 11.9. The Balaban J connectivity index is 2.23. The first kappa shape index (κ1) is 13.6. The fourth-order valence-corrected chi connectivity index (χ4v) is 2.56. The van der Waals surface area contributed by atoms with E-state index in [1.807, 2.05) is 33.0 Å². The van der Waals surface area contributed by atoms with Gasteiger partial charge in [0.15, 0.2) is 0 Å². The number of hydrogen-bond acceptors (Lipinski definition) is 2. The van der Waals surface area contributed by atoms with Gasteiger partial charge in [-0.3, -0.25) is 9.59 Å². The summed E-state index contributed by atoms with van der Waals surface area (Å²) < 4.78 is 0. The molecular weight excluding hydrogens is 240 g/mol. The van der Waals surface area contributed by atoms with Gasteiger partial charge in [-0.15, -0.1) is 0 Å². The van der Waals surface area contributed by atoms with Gasteiger partial charge < -0.3 is 10.2 Å². The van der Waals surface area contributed by atoms with Crippen molar-refractivity contribution in [2.45, 2.75) is 32.6 Å². The smallest absolute Gasteiger partial charge is 0.236 e. The number of nitrogens with zero attached hydrogens (tertiary/aromatic N) is 1. The van der Waals surface area contributed by atoms with Crippen LogP contribution in [0.5, 0.6) is 0 Å². The highest BCUT2D eigenvalue weighted by Gasteiger charge is 2.42. The van der Waals surface area contributed by atoms with E-state index in [9.17, 15) is 9.59 Å². The van der Waals surface area contributed by atoms with Crippen LogP contribution in [-0.4, -0.2) is 25.4 Å². The maximum Gasteiger partial charge on any atom is 0.236 e. The normalized spacial score (nSPS) is 16.4. The highest BCUT2D eigenvalue weighted by Crippen LogP contribution is 2.40. The van der Waals surface area contributed by atoms with Crippen molar-refractivity contribution in [1.82, 2.24) is 5.32 Å². The summed E-state index contributed by atoms with van der Waals surface area (Å²) in [6.45, 7) is 6.04. The number of fused-ring (bicyclic) bond motifs is 1. The van der Waals surface area contributed by atoms with Crippen molar-refractivity contribution in [2.24, 2.45) is 0 Å². The molecule has 0 bridgehead atoms. The van der Waals surface area contributed by atoms with Crippen LogP contribution in [-0.2, 0) is 21.4 Å². The molecule has 0 saturated carbocycles. The van der Waals surface area contributed by atoms with Gasteiger partial charge >= 0.3 is 0 Å². The molecule has 4 nitrogen and oxygen atoms in total. The summed E-state index contributed by atoms with van der Waals surface area (Å²) in [7, 11) is 1.81. The molecule has 2 amide bonds. The summed E-state index contributed by atoms with van der Waals surface area (Å²) in [6.07, 6.45) is 0.779. The number of benzene rings is 1. The predicted octanol–water partition coefficient (Wildman–Crippen LogP) is 1.62. The third-order valence-electron chi connectivity index (χ3n) is 3.72. The molecule has 1 aliphatic heterocycles. The van der Waals surface area contributed by atoms with Gasteiger partial charge in [-0.25, -0.2) is 0 Å². The molecule has 1 aromatic carbocycles.